The lowest BCUT2D eigenvalue weighted by Gasteiger charge is -2.06. The average Bonchev–Trinajstić information content (AvgIpc) is 2.93. The number of aryl methyl sites for hydroxylation is 1. The van der Waals surface area contributed by atoms with Gasteiger partial charge >= 0.3 is 0 Å². The Balaban J connectivity index is 2.22. The van der Waals surface area contributed by atoms with E-state index in [1.807, 2.05) is 29.8 Å². The van der Waals surface area contributed by atoms with Gasteiger partial charge in [-0.1, -0.05) is 0 Å². The molecule has 0 bridgehead atoms. The number of fused-ring (bicyclic) bond motifs is 1. The van der Waals surface area contributed by atoms with Crippen LogP contribution in [-0.2, 0) is 5.88 Å². The summed E-state index contributed by atoms with van der Waals surface area (Å²) in [5.41, 5.74) is 1.79. The van der Waals surface area contributed by atoms with Crippen molar-refractivity contribution in [2.24, 2.45) is 0 Å². The van der Waals surface area contributed by atoms with Crippen LogP contribution in [-0.4, -0.2) is 24.7 Å². The predicted molar refractivity (Wildman–Crippen MR) is 65.3 cm³/mol. The van der Waals surface area contributed by atoms with Gasteiger partial charge in [0.25, 0.3) is 0 Å². The summed E-state index contributed by atoms with van der Waals surface area (Å²) in [7, 11) is 0. The van der Waals surface area contributed by atoms with Crippen molar-refractivity contribution in [2.75, 3.05) is 0 Å². The molecule has 3 rings (SSSR count). The molecule has 0 fully saturated rings. The third-order valence-electron chi connectivity index (χ3n) is 2.66. The molecule has 5 nitrogen and oxygen atoms in total. The Morgan fingerprint density at radius 2 is 2.29 bits per heavy atom. The normalized spacial score (nSPS) is 11.2. The van der Waals surface area contributed by atoms with Crippen molar-refractivity contribution >= 4 is 22.6 Å². The van der Waals surface area contributed by atoms with Crippen LogP contribution in [0.25, 0.3) is 16.7 Å². The second-order valence-corrected chi connectivity index (χ2v) is 4.01. The van der Waals surface area contributed by atoms with E-state index in [1.165, 1.54) is 0 Å². The molecular formula is C11H10ClN5. The number of hydrogen-bond donors (Lipinski definition) is 1. The maximum Gasteiger partial charge on any atom is 0.152 e. The highest BCUT2D eigenvalue weighted by molar-refractivity contribution is 6.16. The lowest BCUT2D eigenvalue weighted by molar-refractivity contribution is 0.921. The molecule has 6 heteroatoms. The van der Waals surface area contributed by atoms with E-state index in [0.29, 0.717) is 5.88 Å². The fraction of sp³-hybridized carbons (Fsp3) is 0.182. The Hall–Kier alpha value is -1.88. The highest BCUT2D eigenvalue weighted by Crippen LogP contribution is 2.18. The lowest BCUT2D eigenvalue weighted by Crippen LogP contribution is -2.02. The Morgan fingerprint density at radius 3 is 3.12 bits per heavy atom. The summed E-state index contributed by atoms with van der Waals surface area (Å²) in [6.45, 7) is 1.89. The van der Waals surface area contributed by atoms with Gasteiger partial charge in [-0.25, -0.2) is 4.98 Å². The summed E-state index contributed by atoms with van der Waals surface area (Å²) < 4.78 is 1.91. The molecule has 0 unspecified atom stereocenters. The molecule has 0 saturated carbocycles. The number of pyridine rings is 1. The minimum absolute atomic E-state index is 0.325. The standard InChI is InChI=1S/C11H10ClN5/c1-7-15-16-10(5-12)17(7)9-4-8-2-3-13-11(8)14-6-9/h2-4,6H,5H2,1H3,(H,13,14). The van der Waals surface area contributed by atoms with Crippen LogP contribution in [0.4, 0.5) is 0 Å². The molecule has 0 radical (unpaired) electrons. The van der Waals surface area contributed by atoms with Gasteiger partial charge in [-0.15, -0.1) is 21.8 Å². The first-order chi connectivity index (χ1) is 8.29. The van der Waals surface area contributed by atoms with Gasteiger partial charge in [-0.05, 0) is 19.1 Å². The number of rotatable bonds is 2. The van der Waals surface area contributed by atoms with Gasteiger partial charge in [-0.3, -0.25) is 4.57 Å². The molecule has 0 aliphatic rings. The average molecular weight is 248 g/mol. The molecule has 0 aliphatic heterocycles. The molecule has 0 aliphatic carbocycles. The summed E-state index contributed by atoms with van der Waals surface area (Å²) in [4.78, 5) is 7.40. The number of halogens is 1. The maximum atomic E-state index is 5.84. The molecule has 3 aromatic rings. The van der Waals surface area contributed by atoms with E-state index >= 15 is 0 Å². The zero-order valence-corrected chi connectivity index (χ0v) is 9.94. The summed E-state index contributed by atoms with van der Waals surface area (Å²) in [6, 6.07) is 4.01. The zero-order chi connectivity index (χ0) is 11.8. The van der Waals surface area contributed by atoms with E-state index in [-0.39, 0.29) is 0 Å². The number of aromatic amines is 1. The molecule has 17 heavy (non-hydrogen) atoms. The number of nitrogens with zero attached hydrogens (tertiary/aromatic N) is 4. The molecular weight excluding hydrogens is 238 g/mol. The Morgan fingerprint density at radius 1 is 1.41 bits per heavy atom. The van der Waals surface area contributed by atoms with Crippen molar-refractivity contribution in [3.63, 3.8) is 0 Å². The number of aromatic nitrogens is 5. The SMILES string of the molecule is Cc1nnc(CCl)n1-c1cnc2[nH]ccc2c1. The number of alkyl halides is 1. The van der Waals surface area contributed by atoms with Crippen molar-refractivity contribution in [1.82, 2.24) is 24.7 Å². The second-order valence-electron chi connectivity index (χ2n) is 3.74. The minimum Gasteiger partial charge on any atom is -0.346 e. The van der Waals surface area contributed by atoms with Gasteiger partial charge in [0.15, 0.2) is 5.82 Å². The monoisotopic (exact) mass is 247 g/mol. The summed E-state index contributed by atoms with van der Waals surface area (Å²) in [6.07, 6.45) is 3.65. The van der Waals surface area contributed by atoms with Gasteiger partial charge in [0.05, 0.1) is 17.8 Å². The smallest absolute Gasteiger partial charge is 0.152 e. The van der Waals surface area contributed by atoms with Crippen LogP contribution in [0.2, 0.25) is 0 Å². The third kappa shape index (κ3) is 1.59. The molecule has 0 saturated heterocycles. The molecule has 0 amide bonds. The molecule has 3 heterocycles. The van der Waals surface area contributed by atoms with Crippen molar-refractivity contribution in [1.29, 1.82) is 0 Å². The first kappa shape index (κ1) is 10.3. The van der Waals surface area contributed by atoms with E-state index in [9.17, 15) is 0 Å². The van der Waals surface area contributed by atoms with Crippen LogP contribution in [0.1, 0.15) is 11.6 Å². The molecule has 0 spiro atoms. The van der Waals surface area contributed by atoms with Crippen molar-refractivity contribution in [3.05, 3.63) is 36.2 Å². The maximum absolute atomic E-state index is 5.84. The fourth-order valence-corrected chi connectivity index (χ4v) is 2.05. The minimum atomic E-state index is 0.325. The fourth-order valence-electron chi connectivity index (χ4n) is 1.88. The lowest BCUT2D eigenvalue weighted by atomic mass is 10.3. The van der Waals surface area contributed by atoms with Crippen molar-refractivity contribution in [3.8, 4) is 5.69 Å². The van der Waals surface area contributed by atoms with Gasteiger partial charge < -0.3 is 4.98 Å². The van der Waals surface area contributed by atoms with Crippen LogP contribution in [0.3, 0.4) is 0 Å². The van der Waals surface area contributed by atoms with Gasteiger partial charge in [0.2, 0.25) is 0 Å². The first-order valence-corrected chi connectivity index (χ1v) is 5.73. The van der Waals surface area contributed by atoms with E-state index < -0.39 is 0 Å². The summed E-state index contributed by atoms with van der Waals surface area (Å²) in [5, 5.41) is 9.10. The van der Waals surface area contributed by atoms with E-state index in [2.05, 4.69) is 20.2 Å². The van der Waals surface area contributed by atoms with Crippen molar-refractivity contribution in [2.45, 2.75) is 12.8 Å². The molecule has 1 N–H and O–H groups in total. The molecule has 3 aromatic heterocycles. The van der Waals surface area contributed by atoms with E-state index in [4.69, 9.17) is 11.6 Å². The Labute approximate surface area is 102 Å². The zero-order valence-electron chi connectivity index (χ0n) is 9.18. The largest absolute Gasteiger partial charge is 0.346 e. The number of hydrogen-bond acceptors (Lipinski definition) is 3. The second kappa shape index (κ2) is 3.85. The molecule has 0 atom stereocenters. The van der Waals surface area contributed by atoms with E-state index in [0.717, 1.165) is 28.4 Å². The van der Waals surface area contributed by atoms with Crippen molar-refractivity contribution < 1.29 is 0 Å². The highest BCUT2D eigenvalue weighted by Gasteiger charge is 2.10. The van der Waals surface area contributed by atoms with Crippen LogP contribution in [0.5, 0.6) is 0 Å². The van der Waals surface area contributed by atoms with Crippen LogP contribution in [0.15, 0.2) is 24.5 Å². The number of nitrogens with one attached hydrogen (secondary N) is 1. The first-order valence-electron chi connectivity index (χ1n) is 5.20. The third-order valence-corrected chi connectivity index (χ3v) is 2.89. The van der Waals surface area contributed by atoms with Gasteiger partial charge in [0, 0.05) is 11.6 Å². The molecule has 86 valence electrons. The summed E-state index contributed by atoms with van der Waals surface area (Å²) >= 11 is 5.84. The quantitative estimate of drug-likeness (QED) is 0.706. The number of H-pyrrole nitrogens is 1. The Kier molecular flexibility index (Phi) is 2.33. The van der Waals surface area contributed by atoms with Crippen LogP contribution in [0, 0.1) is 6.92 Å². The summed E-state index contributed by atoms with van der Waals surface area (Å²) in [5.74, 6) is 1.85. The van der Waals surface area contributed by atoms with Gasteiger partial charge in [-0.2, -0.15) is 0 Å². The topological polar surface area (TPSA) is 59.4 Å². The van der Waals surface area contributed by atoms with Crippen LogP contribution < -0.4 is 0 Å². The highest BCUT2D eigenvalue weighted by atomic mass is 35.5. The predicted octanol–water partition coefficient (Wildman–Crippen LogP) is 2.19. The Bertz CT molecular complexity index is 669. The van der Waals surface area contributed by atoms with Gasteiger partial charge in [0.1, 0.15) is 11.5 Å². The van der Waals surface area contributed by atoms with E-state index in [1.54, 1.807) is 6.20 Å². The molecule has 0 aromatic carbocycles. The van der Waals surface area contributed by atoms with Crippen LogP contribution >= 0.6 is 11.6 Å².